The van der Waals surface area contributed by atoms with Crippen LogP contribution in [0, 0.1) is 5.92 Å². The zero-order chi connectivity index (χ0) is 20.7. The fourth-order valence-corrected chi connectivity index (χ4v) is 5.11. The molecule has 1 saturated heterocycles. The number of rotatable bonds is 8. The van der Waals surface area contributed by atoms with Crippen LogP contribution in [-0.4, -0.2) is 56.9 Å². The molecule has 1 aliphatic heterocycles. The highest BCUT2D eigenvalue weighted by Gasteiger charge is 2.33. The van der Waals surface area contributed by atoms with Crippen molar-refractivity contribution in [2.75, 3.05) is 33.4 Å². The zero-order valence-corrected chi connectivity index (χ0v) is 17.6. The summed E-state index contributed by atoms with van der Waals surface area (Å²) in [5.74, 6) is -0.0968. The molecule has 3 rings (SSSR count). The summed E-state index contributed by atoms with van der Waals surface area (Å²) in [6, 6.07) is 18.3. The van der Waals surface area contributed by atoms with Gasteiger partial charge in [-0.2, -0.15) is 4.31 Å². The third-order valence-corrected chi connectivity index (χ3v) is 7.19. The SMILES string of the molecule is COCCN(Cc1ccccc1)C(=O)C1CCN(S(=O)(=O)c2ccccc2)CC1. The van der Waals surface area contributed by atoms with E-state index in [9.17, 15) is 13.2 Å². The Morgan fingerprint density at radius 2 is 1.62 bits per heavy atom. The van der Waals surface area contributed by atoms with Gasteiger partial charge in [0.2, 0.25) is 15.9 Å². The zero-order valence-electron chi connectivity index (χ0n) is 16.7. The number of hydrogen-bond donors (Lipinski definition) is 0. The van der Waals surface area contributed by atoms with Gasteiger partial charge in [0.25, 0.3) is 0 Å². The predicted molar refractivity (Wildman–Crippen MR) is 112 cm³/mol. The second-order valence-corrected chi connectivity index (χ2v) is 9.17. The van der Waals surface area contributed by atoms with Gasteiger partial charge in [-0.05, 0) is 30.5 Å². The van der Waals surface area contributed by atoms with E-state index in [2.05, 4.69) is 0 Å². The van der Waals surface area contributed by atoms with Crippen molar-refractivity contribution in [3.63, 3.8) is 0 Å². The molecule has 2 aromatic carbocycles. The summed E-state index contributed by atoms with van der Waals surface area (Å²) >= 11 is 0. The lowest BCUT2D eigenvalue weighted by Crippen LogP contribution is -2.44. The van der Waals surface area contributed by atoms with Gasteiger partial charge in [-0.15, -0.1) is 0 Å². The number of piperidine rings is 1. The van der Waals surface area contributed by atoms with E-state index >= 15 is 0 Å². The third-order valence-electron chi connectivity index (χ3n) is 5.28. The molecular formula is C22H28N2O4S. The monoisotopic (exact) mass is 416 g/mol. The molecule has 0 atom stereocenters. The van der Waals surface area contributed by atoms with Gasteiger partial charge in [0, 0.05) is 39.2 Å². The number of carbonyl (C=O) groups is 1. The number of methoxy groups -OCH3 is 1. The second-order valence-electron chi connectivity index (χ2n) is 7.23. The second kappa shape index (κ2) is 10.0. The Labute approximate surface area is 173 Å². The van der Waals surface area contributed by atoms with E-state index in [4.69, 9.17) is 4.74 Å². The summed E-state index contributed by atoms with van der Waals surface area (Å²) in [6.07, 6.45) is 1.06. The van der Waals surface area contributed by atoms with E-state index in [0.717, 1.165) is 5.56 Å². The van der Waals surface area contributed by atoms with E-state index in [1.165, 1.54) is 4.31 Å². The van der Waals surface area contributed by atoms with Crippen LogP contribution in [0.1, 0.15) is 18.4 Å². The molecule has 0 aromatic heterocycles. The highest BCUT2D eigenvalue weighted by atomic mass is 32.2. The van der Waals surface area contributed by atoms with Crippen molar-refractivity contribution >= 4 is 15.9 Å². The standard InChI is InChI=1S/C22H28N2O4S/c1-28-17-16-23(18-19-8-4-2-5-9-19)22(25)20-12-14-24(15-13-20)29(26,27)21-10-6-3-7-11-21/h2-11,20H,12-18H2,1H3. The Hall–Kier alpha value is -2.22. The molecule has 0 N–H and O–H groups in total. The van der Waals surface area contributed by atoms with Crippen LogP contribution in [-0.2, 0) is 26.1 Å². The molecule has 0 bridgehead atoms. The number of carbonyl (C=O) groups excluding carboxylic acids is 1. The molecule has 156 valence electrons. The van der Waals surface area contributed by atoms with E-state index in [-0.39, 0.29) is 11.8 Å². The van der Waals surface area contributed by atoms with E-state index < -0.39 is 10.0 Å². The highest BCUT2D eigenvalue weighted by Crippen LogP contribution is 2.25. The molecule has 0 unspecified atom stereocenters. The first-order chi connectivity index (χ1) is 14.0. The molecule has 0 radical (unpaired) electrons. The lowest BCUT2D eigenvalue weighted by atomic mass is 9.96. The van der Waals surface area contributed by atoms with Crippen molar-refractivity contribution in [2.24, 2.45) is 5.92 Å². The van der Waals surface area contributed by atoms with Gasteiger partial charge in [0.1, 0.15) is 0 Å². The van der Waals surface area contributed by atoms with Gasteiger partial charge in [-0.1, -0.05) is 48.5 Å². The number of sulfonamides is 1. The summed E-state index contributed by atoms with van der Waals surface area (Å²) in [7, 11) is -1.88. The molecule has 1 amide bonds. The van der Waals surface area contributed by atoms with Gasteiger partial charge < -0.3 is 9.64 Å². The highest BCUT2D eigenvalue weighted by molar-refractivity contribution is 7.89. The normalized spacial score (nSPS) is 15.9. The van der Waals surface area contributed by atoms with E-state index in [1.807, 2.05) is 35.2 Å². The Bertz CT molecular complexity index is 880. The Kier molecular flexibility index (Phi) is 7.41. The van der Waals surface area contributed by atoms with Crippen molar-refractivity contribution in [2.45, 2.75) is 24.3 Å². The quantitative estimate of drug-likeness (QED) is 0.664. The minimum Gasteiger partial charge on any atom is -0.383 e. The van der Waals surface area contributed by atoms with Crippen molar-refractivity contribution in [1.82, 2.24) is 9.21 Å². The average molecular weight is 417 g/mol. The van der Waals surface area contributed by atoms with Crippen LogP contribution in [0.4, 0.5) is 0 Å². The summed E-state index contributed by atoms with van der Waals surface area (Å²) in [6.45, 7) is 2.24. The first kappa shape index (κ1) is 21.5. The molecular weight excluding hydrogens is 388 g/mol. The van der Waals surface area contributed by atoms with Crippen LogP contribution in [0.2, 0.25) is 0 Å². The lowest BCUT2D eigenvalue weighted by molar-refractivity contribution is -0.138. The Morgan fingerprint density at radius 3 is 2.21 bits per heavy atom. The fourth-order valence-electron chi connectivity index (χ4n) is 3.62. The number of ether oxygens (including phenoxy) is 1. The first-order valence-electron chi connectivity index (χ1n) is 9.89. The molecule has 2 aromatic rings. The predicted octanol–water partition coefficient (Wildman–Crippen LogP) is 2.76. The van der Waals surface area contributed by atoms with Crippen molar-refractivity contribution in [3.8, 4) is 0 Å². The first-order valence-corrected chi connectivity index (χ1v) is 11.3. The molecule has 29 heavy (non-hydrogen) atoms. The molecule has 6 nitrogen and oxygen atoms in total. The Morgan fingerprint density at radius 1 is 1.03 bits per heavy atom. The van der Waals surface area contributed by atoms with Crippen molar-refractivity contribution < 1.29 is 17.9 Å². The van der Waals surface area contributed by atoms with Crippen LogP contribution in [0.5, 0.6) is 0 Å². The van der Waals surface area contributed by atoms with Gasteiger partial charge in [-0.3, -0.25) is 4.79 Å². The Balaban J connectivity index is 1.64. The fraction of sp³-hybridized carbons (Fsp3) is 0.409. The van der Waals surface area contributed by atoms with Crippen LogP contribution >= 0.6 is 0 Å². The molecule has 1 heterocycles. The number of hydrogen-bond acceptors (Lipinski definition) is 4. The minimum atomic E-state index is -3.51. The topological polar surface area (TPSA) is 66.9 Å². The largest absolute Gasteiger partial charge is 0.383 e. The summed E-state index contributed by atoms with van der Waals surface area (Å²) in [4.78, 5) is 15.3. The maximum Gasteiger partial charge on any atom is 0.243 e. The average Bonchev–Trinajstić information content (AvgIpc) is 2.77. The van der Waals surface area contributed by atoms with Gasteiger partial charge in [0.05, 0.1) is 11.5 Å². The van der Waals surface area contributed by atoms with Crippen LogP contribution < -0.4 is 0 Å². The van der Waals surface area contributed by atoms with Gasteiger partial charge in [-0.25, -0.2) is 8.42 Å². The maximum absolute atomic E-state index is 13.1. The summed E-state index contributed by atoms with van der Waals surface area (Å²) < 4.78 is 32.3. The minimum absolute atomic E-state index is 0.0719. The van der Waals surface area contributed by atoms with Crippen LogP contribution in [0.25, 0.3) is 0 Å². The number of nitrogens with zero attached hydrogens (tertiary/aromatic N) is 2. The molecule has 1 fully saturated rings. The smallest absolute Gasteiger partial charge is 0.243 e. The summed E-state index contributed by atoms with van der Waals surface area (Å²) in [5.41, 5.74) is 1.07. The molecule has 1 aliphatic rings. The van der Waals surface area contributed by atoms with Gasteiger partial charge in [0.15, 0.2) is 0 Å². The molecule has 0 saturated carbocycles. The van der Waals surface area contributed by atoms with E-state index in [1.54, 1.807) is 37.4 Å². The summed E-state index contributed by atoms with van der Waals surface area (Å²) in [5, 5.41) is 0. The third kappa shape index (κ3) is 5.44. The van der Waals surface area contributed by atoms with Crippen molar-refractivity contribution in [1.29, 1.82) is 0 Å². The maximum atomic E-state index is 13.1. The lowest BCUT2D eigenvalue weighted by Gasteiger charge is -2.33. The van der Waals surface area contributed by atoms with Crippen LogP contribution in [0.15, 0.2) is 65.6 Å². The molecule has 0 spiro atoms. The van der Waals surface area contributed by atoms with Crippen LogP contribution in [0.3, 0.4) is 0 Å². The molecule has 0 aliphatic carbocycles. The van der Waals surface area contributed by atoms with Crippen molar-refractivity contribution in [3.05, 3.63) is 66.2 Å². The van der Waals surface area contributed by atoms with Gasteiger partial charge >= 0.3 is 0 Å². The molecule has 7 heteroatoms. The van der Waals surface area contributed by atoms with E-state index in [0.29, 0.717) is 50.5 Å². The number of benzene rings is 2. The number of amides is 1.